The summed E-state index contributed by atoms with van der Waals surface area (Å²) in [6, 6.07) is 5.89. The van der Waals surface area contributed by atoms with Gasteiger partial charge in [0.15, 0.2) is 6.29 Å². The Balaban J connectivity index is 2.99. The van der Waals surface area contributed by atoms with E-state index in [9.17, 15) is 18.8 Å². The van der Waals surface area contributed by atoms with E-state index in [0.717, 1.165) is 11.6 Å². The number of carbonyl (C=O) groups excluding carboxylic acids is 3. The van der Waals surface area contributed by atoms with Crippen LogP contribution in [0, 0.1) is 5.82 Å². The second-order valence-corrected chi connectivity index (χ2v) is 4.79. The molecule has 0 radical (unpaired) electrons. The molecule has 0 atom stereocenters. The first kappa shape index (κ1) is 18.1. The Morgan fingerprint density at radius 2 is 1.87 bits per heavy atom. The first-order valence-electron chi connectivity index (χ1n) is 6.72. The molecule has 1 aromatic rings. The highest BCUT2D eigenvalue weighted by molar-refractivity contribution is 6.12. The number of benzene rings is 1. The molecule has 0 aliphatic rings. The third kappa shape index (κ3) is 5.74. The van der Waals surface area contributed by atoms with Crippen LogP contribution < -0.4 is 11.1 Å². The normalized spacial score (nSPS) is 11.8. The van der Waals surface area contributed by atoms with Gasteiger partial charge in [-0.2, -0.15) is 0 Å². The molecule has 1 rings (SSSR count). The van der Waals surface area contributed by atoms with E-state index in [2.05, 4.69) is 5.32 Å². The lowest BCUT2D eigenvalue weighted by Gasteiger charge is -2.15. The molecule has 1 aromatic carbocycles. The van der Waals surface area contributed by atoms with Gasteiger partial charge in [0, 0.05) is 26.8 Å². The smallest absolute Gasteiger partial charge is 0.254 e. The first-order valence-corrected chi connectivity index (χ1v) is 6.72. The molecule has 122 valence electrons. The van der Waals surface area contributed by atoms with Crippen LogP contribution in [0.25, 0.3) is 0 Å². The molecule has 0 bridgehead atoms. The predicted molar refractivity (Wildman–Crippen MR) is 83.4 cm³/mol. The van der Waals surface area contributed by atoms with Gasteiger partial charge in [0.2, 0.25) is 5.91 Å². The van der Waals surface area contributed by atoms with Crippen LogP contribution in [0.5, 0.6) is 0 Å². The monoisotopic (exact) mass is 319 g/mol. The fraction of sp³-hybridized carbons (Fsp3) is 0.188. The molecule has 0 heterocycles. The van der Waals surface area contributed by atoms with Gasteiger partial charge in [-0.1, -0.05) is 12.1 Å². The number of amides is 2. The minimum atomic E-state index is -0.779. The summed E-state index contributed by atoms with van der Waals surface area (Å²) >= 11 is 0. The highest BCUT2D eigenvalue weighted by atomic mass is 19.1. The van der Waals surface area contributed by atoms with Crippen molar-refractivity contribution in [3.8, 4) is 0 Å². The van der Waals surface area contributed by atoms with Gasteiger partial charge in [0.1, 0.15) is 5.82 Å². The maximum absolute atomic E-state index is 12.9. The minimum absolute atomic E-state index is 0.000289. The van der Waals surface area contributed by atoms with Crippen molar-refractivity contribution in [1.29, 1.82) is 0 Å². The molecule has 23 heavy (non-hydrogen) atoms. The number of aldehydes is 1. The number of nitrogens with two attached hydrogens (primary N) is 1. The van der Waals surface area contributed by atoms with E-state index in [1.165, 1.54) is 25.4 Å². The van der Waals surface area contributed by atoms with E-state index in [1.54, 1.807) is 24.1 Å². The van der Waals surface area contributed by atoms with Crippen LogP contribution in [0.2, 0.25) is 0 Å². The summed E-state index contributed by atoms with van der Waals surface area (Å²) in [6.45, 7) is 0.390. The zero-order valence-corrected chi connectivity index (χ0v) is 12.9. The molecular weight excluding hydrogens is 301 g/mol. The van der Waals surface area contributed by atoms with Crippen LogP contribution in [0.4, 0.5) is 4.39 Å². The molecule has 0 saturated heterocycles. The molecule has 2 amide bonds. The zero-order chi connectivity index (χ0) is 17.4. The molecule has 0 unspecified atom stereocenters. The fourth-order valence-electron chi connectivity index (χ4n) is 1.80. The van der Waals surface area contributed by atoms with Crippen molar-refractivity contribution < 1.29 is 18.8 Å². The van der Waals surface area contributed by atoms with Crippen molar-refractivity contribution in [1.82, 2.24) is 10.2 Å². The largest absolute Gasteiger partial charge is 0.375 e. The van der Waals surface area contributed by atoms with Crippen molar-refractivity contribution in [2.24, 2.45) is 5.73 Å². The Hall–Kier alpha value is -2.96. The molecule has 7 heteroatoms. The van der Waals surface area contributed by atoms with Crippen LogP contribution in [0.15, 0.2) is 47.7 Å². The maximum atomic E-state index is 12.9. The molecule has 0 saturated carbocycles. The van der Waals surface area contributed by atoms with Gasteiger partial charge in [-0.25, -0.2) is 4.39 Å². The number of rotatable bonds is 7. The van der Waals surface area contributed by atoms with Gasteiger partial charge in [0.25, 0.3) is 5.91 Å². The average molecular weight is 319 g/mol. The van der Waals surface area contributed by atoms with Crippen molar-refractivity contribution in [2.75, 3.05) is 14.1 Å². The second-order valence-electron chi connectivity index (χ2n) is 4.79. The van der Waals surface area contributed by atoms with E-state index in [0.29, 0.717) is 12.8 Å². The summed E-state index contributed by atoms with van der Waals surface area (Å²) in [7, 11) is 3.05. The average Bonchev–Trinajstić information content (AvgIpc) is 2.52. The summed E-state index contributed by atoms with van der Waals surface area (Å²) in [6.07, 6.45) is 2.88. The topological polar surface area (TPSA) is 92.5 Å². The van der Waals surface area contributed by atoms with E-state index >= 15 is 0 Å². The highest BCUT2D eigenvalue weighted by Crippen LogP contribution is 2.08. The number of primary amides is 1. The molecule has 3 N–H and O–H groups in total. The third-order valence-corrected chi connectivity index (χ3v) is 2.92. The summed E-state index contributed by atoms with van der Waals surface area (Å²) in [5, 5.41) is 2.29. The number of nitrogens with one attached hydrogen (secondary N) is 1. The van der Waals surface area contributed by atoms with Crippen molar-refractivity contribution in [2.45, 2.75) is 6.54 Å². The van der Waals surface area contributed by atoms with Crippen LogP contribution in [0.3, 0.4) is 0 Å². The summed E-state index contributed by atoms with van der Waals surface area (Å²) < 4.78 is 12.9. The Labute approximate surface area is 133 Å². The molecule has 6 nitrogen and oxygen atoms in total. The molecule has 0 aromatic heterocycles. The number of hydrogen-bond donors (Lipinski definition) is 2. The van der Waals surface area contributed by atoms with Crippen LogP contribution in [-0.2, 0) is 20.9 Å². The Morgan fingerprint density at radius 1 is 1.26 bits per heavy atom. The van der Waals surface area contributed by atoms with Crippen molar-refractivity contribution in [3.05, 3.63) is 59.1 Å². The maximum Gasteiger partial charge on any atom is 0.254 e. The van der Waals surface area contributed by atoms with Crippen molar-refractivity contribution in [3.63, 3.8) is 0 Å². The first-order chi connectivity index (χ1) is 10.9. The van der Waals surface area contributed by atoms with Gasteiger partial charge < -0.3 is 16.0 Å². The lowest BCUT2D eigenvalue weighted by molar-refractivity contribution is -0.118. The number of likely N-dealkylation sites (N-methyl/N-ethyl adjacent to an activating group) is 1. The summed E-state index contributed by atoms with van der Waals surface area (Å²) in [5.74, 6) is -1.73. The van der Waals surface area contributed by atoms with Crippen LogP contribution in [0.1, 0.15) is 5.56 Å². The van der Waals surface area contributed by atoms with Crippen LogP contribution >= 0.6 is 0 Å². The fourth-order valence-corrected chi connectivity index (χ4v) is 1.80. The zero-order valence-electron chi connectivity index (χ0n) is 12.9. The van der Waals surface area contributed by atoms with Gasteiger partial charge in [-0.05, 0) is 23.8 Å². The van der Waals surface area contributed by atoms with Gasteiger partial charge >= 0.3 is 0 Å². The van der Waals surface area contributed by atoms with E-state index < -0.39 is 11.8 Å². The molecule has 0 aliphatic heterocycles. The molecule has 0 aliphatic carbocycles. The lowest BCUT2D eigenvalue weighted by atomic mass is 10.1. The Kier molecular flexibility index (Phi) is 6.67. The van der Waals surface area contributed by atoms with Gasteiger partial charge in [-0.3, -0.25) is 14.4 Å². The standard InChI is InChI=1S/C16H18FN3O3/c1-19-16(23)13(10-21)7-12(15(18)22)9-20(2)8-11-3-5-14(17)6-4-11/h3-7,9-10H,8H2,1-2H3,(H2,18,22)(H,19,23)/b12-9+,13-7+. The number of hydrogen-bond acceptors (Lipinski definition) is 4. The summed E-state index contributed by atoms with van der Waals surface area (Å²) in [5.41, 5.74) is 5.87. The van der Waals surface area contributed by atoms with Gasteiger partial charge in [0.05, 0.1) is 11.1 Å². The highest BCUT2D eigenvalue weighted by Gasteiger charge is 2.11. The van der Waals surface area contributed by atoms with E-state index in [-0.39, 0.29) is 17.0 Å². The lowest BCUT2D eigenvalue weighted by Crippen LogP contribution is -2.23. The number of carbonyl (C=O) groups is 3. The van der Waals surface area contributed by atoms with Gasteiger partial charge in [-0.15, -0.1) is 0 Å². The summed E-state index contributed by atoms with van der Waals surface area (Å²) in [4.78, 5) is 35.5. The second kappa shape index (κ2) is 8.47. The van der Waals surface area contributed by atoms with Crippen LogP contribution in [-0.4, -0.2) is 37.1 Å². The Morgan fingerprint density at radius 3 is 2.35 bits per heavy atom. The van der Waals surface area contributed by atoms with Crippen molar-refractivity contribution >= 4 is 18.1 Å². The molecule has 0 spiro atoms. The quantitative estimate of drug-likeness (QED) is 0.252. The third-order valence-electron chi connectivity index (χ3n) is 2.92. The predicted octanol–water partition coefficient (Wildman–Crippen LogP) is 0.498. The van der Waals surface area contributed by atoms with E-state index in [1.807, 2.05) is 0 Å². The van der Waals surface area contributed by atoms with E-state index in [4.69, 9.17) is 5.73 Å². The Bertz CT molecular complexity index is 651. The SMILES string of the molecule is CNC(=O)/C(C=O)=C/C(=C\N(C)Cc1ccc(F)cc1)C(N)=O. The molecule has 0 fully saturated rings. The number of nitrogens with zero attached hydrogens (tertiary/aromatic N) is 1. The number of halogens is 1. The molecular formula is C16H18FN3O3. The minimum Gasteiger partial charge on any atom is -0.375 e.